The number of nitrogens with zero attached hydrogens (tertiary/aromatic N) is 3. The van der Waals surface area contributed by atoms with Gasteiger partial charge in [-0.1, -0.05) is 72.0 Å². The van der Waals surface area contributed by atoms with Crippen LogP contribution in [0.4, 0.5) is 0 Å². The van der Waals surface area contributed by atoms with Crippen LogP contribution in [-0.4, -0.2) is 44.2 Å². The molecule has 2 aliphatic rings. The van der Waals surface area contributed by atoms with Crippen molar-refractivity contribution in [2.45, 2.75) is 25.9 Å². The number of benzene rings is 2. The van der Waals surface area contributed by atoms with E-state index in [0.29, 0.717) is 15.8 Å². The van der Waals surface area contributed by atoms with Crippen LogP contribution in [0.3, 0.4) is 0 Å². The second-order valence-electron chi connectivity index (χ2n) is 8.01. The van der Waals surface area contributed by atoms with Crippen LogP contribution < -0.4 is 0 Å². The predicted molar refractivity (Wildman–Crippen MR) is 133 cm³/mol. The number of hydrogen-bond acceptors (Lipinski definition) is 5. The van der Waals surface area contributed by atoms with E-state index in [-0.39, 0.29) is 12.0 Å². The van der Waals surface area contributed by atoms with E-state index in [2.05, 4.69) is 31.2 Å². The number of ether oxygens (including phenoxy) is 1. The molecule has 0 unspecified atom stereocenters. The van der Waals surface area contributed by atoms with E-state index in [1.54, 1.807) is 4.90 Å². The predicted octanol–water partition coefficient (Wildman–Crippen LogP) is 5.23. The molecule has 5 nitrogen and oxygen atoms in total. The summed E-state index contributed by atoms with van der Waals surface area (Å²) in [6, 6.07) is 18.2. The van der Waals surface area contributed by atoms with Gasteiger partial charge in [0.2, 0.25) is 0 Å². The van der Waals surface area contributed by atoms with Gasteiger partial charge in [-0.05, 0) is 38.0 Å². The minimum Gasteiger partial charge on any atom is -0.376 e. The van der Waals surface area contributed by atoms with E-state index in [0.717, 1.165) is 42.0 Å². The molecular weight excluding hydrogens is 438 g/mol. The average molecular weight is 462 g/mol. The normalized spacial score (nSPS) is 20.0. The third-order valence-electron chi connectivity index (χ3n) is 5.66. The van der Waals surface area contributed by atoms with Crippen LogP contribution in [0.1, 0.15) is 24.0 Å². The summed E-state index contributed by atoms with van der Waals surface area (Å²) >= 11 is 6.87. The lowest BCUT2D eigenvalue weighted by Gasteiger charge is -2.18. The van der Waals surface area contributed by atoms with Gasteiger partial charge >= 0.3 is 0 Å². The number of aromatic nitrogens is 2. The van der Waals surface area contributed by atoms with Gasteiger partial charge in [0.25, 0.3) is 5.91 Å². The fourth-order valence-corrected chi connectivity index (χ4v) is 5.20. The second-order valence-corrected chi connectivity index (χ2v) is 9.68. The van der Waals surface area contributed by atoms with Crippen LogP contribution in [-0.2, 0) is 9.53 Å². The van der Waals surface area contributed by atoms with Crippen LogP contribution in [0, 0.1) is 6.92 Å². The van der Waals surface area contributed by atoms with Gasteiger partial charge in [-0.15, -0.1) is 0 Å². The van der Waals surface area contributed by atoms with Gasteiger partial charge in [-0.2, -0.15) is 5.10 Å². The van der Waals surface area contributed by atoms with E-state index < -0.39 is 0 Å². The smallest absolute Gasteiger partial charge is 0.266 e. The van der Waals surface area contributed by atoms with Crippen molar-refractivity contribution in [1.29, 1.82) is 0 Å². The Balaban J connectivity index is 1.51. The third-order valence-corrected chi connectivity index (χ3v) is 7.04. The van der Waals surface area contributed by atoms with Gasteiger partial charge in [0, 0.05) is 23.9 Å². The molecule has 0 radical (unpaired) electrons. The summed E-state index contributed by atoms with van der Waals surface area (Å²) in [6.45, 7) is 3.34. The van der Waals surface area contributed by atoms with Crippen LogP contribution >= 0.6 is 24.0 Å². The highest BCUT2D eigenvalue weighted by Gasteiger charge is 2.35. The van der Waals surface area contributed by atoms with E-state index in [4.69, 9.17) is 22.1 Å². The molecule has 2 saturated heterocycles. The van der Waals surface area contributed by atoms with Gasteiger partial charge in [0.05, 0.1) is 28.9 Å². The van der Waals surface area contributed by atoms with Crippen LogP contribution in [0.15, 0.2) is 65.7 Å². The first-order chi connectivity index (χ1) is 15.6. The molecule has 0 saturated carbocycles. The lowest BCUT2D eigenvalue weighted by molar-refractivity contribution is -0.123. The molecule has 1 aromatic heterocycles. The Hall–Kier alpha value is -2.74. The molecular formula is C25H23N3O2S2. The summed E-state index contributed by atoms with van der Waals surface area (Å²) in [5.74, 6) is -0.0576. The number of thiocarbonyl (C=S) groups is 1. The van der Waals surface area contributed by atoms with E-state index in [9.17, 15) is 4.79 Å². The Kier molecular flexibility index (Phi) is 5.95. The monoisotopic (exact) mass is 461 g/mol. The maximum atomic E-state index is 13.1. The fraction of sp³-hybridized carbons (Fsp3) is 0.240. The number of carbonyl (C=O) groups excluding carboxylic acids is 1. The molecule has 3 aromatic rings. The Morgan fingerprint density at radius 2 is 1.97 bits per heavy atom. The zero-order valence-electron chi connectivity index (χ0n) is 17.7. The van der Waals surface area contributed by atoms with Crippen molar-refractivity contribution in [3.05, 3.63) is 76.8 Å². The quantitative estimate of drug-likeness (QED) is 0.385. The number of aryl methyl sites for hydroxylation is 1. The van der Waals surface area contributed by atoms with Gasteiger partial charge in [0.15, 0.2) is 0 Å². The van der Waals surface area contributed by atoms with Gasteiger partial charge in [0.1, 0.15) is 4.32 Å². The number of para-hydroxylation sites is 1. The zero-order chi connectivity index (χ0) is 22.1. The SMILES string of the molecule is Cc1ccc(-c2nn(-c3ccccc3)cc2/C=C2\SC(=S)N(C[C@@H]3CCCO3)C2=O)cc1. The molecule has 3 heterocycles. The third kappa shape index (κ3) is 4.28. The Morgan fingerprint density at radius 1 is 1.19 bits per heavy atom. The number of thioether (sulfide) groups is 1. The highest BCUT2D eigenvalue weighted by Crippen LogP contribution is 2.35. The lowest BCUT2D eigenvalue weighted by atomic mass is 10.1. The van der Waals surface area contributed by atoms with Crippen molar-refractivity contribution in [3.8, 4) is 16.9 Å². The second kappa shape index (κ2) is 9.02. The largest absolute Gasteiger partial charge is 0.376 e. The van der Waals surface area contributed by atoms with Crippen molar-refractivity contribution >= 4 is 40.3 Å². The van der Waals surface area contributed by atoms with Crippen LogP contribution in [0.2, 0.25) is 0 Å². The van der Waals surface area contributed by atoms with Gasteiger partial charge in [-0.25, -0.2) is 4.68 Å². The molecule has 1 atom stereocenters. The van der Waals surface area contributed by atoms with Crippen molar-refractivity contribution in [3.63, 3.8) is 0 Å². The molecule has 0 spiro atoms. The van der Waals surface area contributed by atoms with E-state index in [1.807, 2.05) is 47.3 Å². The summed E-state index contributed by atoms with van der Waals surface area (Å²) in [5.41, 5.74) is 4.87. The molecule has 2 aliphatic heterocycles. The number of amides is 1. The van der Waals surface area contributed by atoms with E-state index >= 15 is 0 Å². The van der Waals surface area contributed by atoms with Gasteiger partial charge < -0.3 is 4.74 Å². The molecule has 0 aliphatic carbocycles. The summed E-state index contributed by atoms with van der Waals surface area (Å²) in [5, 5.41) is 4.85. The number of carbonyl (C=O) groups is 1. The van der Waals surface area contributed by atoms with E-state index in [1.165, 1.54) is 17.3 Å². The first-order valence-corrected chi connectivity index (χ1v) is 11.9. The molecule has 2 fully saturated rings. The van der Waals surface area contributed by atoms with Crippen LogP contribution in [0.5, 0.6) is 0 Å². The van der Waals surface area contributed by atoms with Crippen molar-refractivity contribution in [2.75, 3.05) is 13.2 Å². The molecule has 1 amide bonds. The maximum Gasteiger partial charge on any atom is 0.266 e. The molecule has 2 aromatic carbocycles. The Bertz CT molecular complexity index is 1180. The molecule has 7 heteroatoms. The average Bonchev–Trinajstić information content (AvgIpc) is 3.53. The topological polar surface area (TPSA) is 47.4 Å². The maximum absolute atomic E-state index is 13.1. The van der Waals surface area contributed by atoms with Crippen LogP contribution in [0.25, 0.3) is 23.0 Å². The Morgan fingerprint density at radius 3 is 2.69 bits per heavy atom. The summed E-state index contributed by atoms with van der Waals surface area (Å²) in [6.07, 6.45) is 5.96. The molecule has 162 valence electrons. The van der Waals surface area contributed by atoms with Crippen molar-refractivity contribution in [2.24, 2.45) is 0 Å². The highest BCUT2D eigenvalue weighted by atomic mass is 32.2. The molecule has 5 rings (SSSR count). The minimum atomic E-state index is -0.0576. The van der Waals surface area contributed by atoms with Crippen molar-refractivity contribution < 1.29 is 9.53 Å². The Labute approximate surface area is 197 Å². The zero-order valence-corrected chi connectivity index (χ0v) is 19.4. The molecule has 0 N–H and O–H groups in total. The molecule has 0 bridgehead atoms. The lowest BCUT2D eigenvalue weighted by Crippen LogP contribution is -2.35. The standard InChI is InChI=1S/C25H23N3O2S2/c1-17-9-11-18(12-10-17)23-19(15-28(26-23)20-6-3-2-4-7-20)14-22-24(29)27(25(31)32-22)16-21-8-5-13-30-21/h2-4,6-7,9-12,14-15,21H,5,8,13,16H2,1H3/b22-14-/t21-/m0/s1. The highest BCUT2D eigenvalue weighted by molar-refractivity contribution is 8.26. The summed E-state index contributed by atoms with van der Waals surface area (Å²) < 4.78 is 8.15. The van der Waals surface area contributed by atoms with Crippen molar-refractivity contribution in [1.82, 2.24) is 14.7 Å². The summed E-state index contributed by atoms with van der Waals surface area (Å²) in [7, 11) is 0. The van der Waals surface area contributed by atoms with Gasteiger partial charge in [-0.3, -0.25) is 9.69 Å². The minimum absolute atomic E-state index is 0.0576. The number of hydrogen-bond donors (Lipinski definition) is 0. The summed E-state index contributed by atoms with van der Waals surface area (Å²) in [4.78, 5) is 15.4. The first kappa shape index (κ1) is 21.1. The molecule has 32 heavy (non-hydrogen) atoms. The fourth-order valence-electron chi connectivity index (χ4n) is 3.93. The first-order valence-electron chi connectivity index (χ1n) is 10.7. The number of rotatable bonds is 5.